The predicted molar refractivity (Wildman–Crippen MR) is 370 cm³/mol. The van der Waals surface area contributed by atoms with Crippen molar-refractivity contribution in [3.63, 3.8) is 0 Å². The fourth-order valence-electron chi connectivity index (χ4n) is 12.8. The Balaban J connectivity index is 0.000000137. The van der Waals surface area contributed by atoms with E-state index in [1.165, 1.54) is 62.6 Å². The number of thiophene rings is 2. The number of furan rings is 2. The Bertz CT molecular complexity index is 5220. The van der Waals surface area contributed by atoms with E-state index in [9.17, 15) is 0 Å². The van der Waals surface area contributed by atoms with Crippen molar-refractivity contribution in [1.82, 2.24) is 15.0 Å². The molecular weight excluding hydrogens is 1110 g/mol. The van der Waals surface area contributed by atoms with E-state index >= 15 is 0 Å². The van der Waals surface area contributed by atoms with Gasteiger partial charge >= 0.3 is 0 Å². The molecule has 0 saturated carbocycles. The molecule has 7 heterocycles. The van der Waals surface area contributed by atoms with Crippen molar-refractivity contribution in [1.29, 1.82) is 0 Å². The maximum Gasteiger partial charge on any atom is 0.143 e. The number of nitrogens with zero attached hydrogens (tertiary/aromatic N) is 3. The van der Waals surface area contributed by atoms with Gasteiger partial charge in [0.05, 0.1) is 11.4 Å². The number of hydrogen-bond acceptors (Lipinski definition) is 7. The van der Waals surface area contributed by atoms with Gasteiger partial charge in [-0.15, -0.1) is 22.7 Å². The number of para-hydroxylation sites is 4. The molecule has 0 aliphatic rings. The van der Waals surface area contributed by atoms with Crippen LogP contribution in [0, 0.1) is 0 Å². The van der Waals surface area contributed by atoms with Crippen LogP contribution in [0.15, 0.2) is 307 Å². The summed E-state index contributed by atoms with van der Waals surface area (Å²) in [5, 5.41) is 9.64. The summed E-state index contributed by atoms with van der Waals surface area (Å²) in [6.45, 7) is 0. The van der Waals surface area contributed by atoms with Crippen LogP contribution in [0.3, 0.4) is 0 Å². The van der Waals surface area contributed by atoms with Gasteiger partial charge in [-0.25, -0.2) is 4.98 Å². The minimum Gasteiger partial charge on any atom is -0.455 e. The summed E-state index contributed by atoms with van der Waals surface area (Å²) in [6.07, 6.45) is 7.41. The number of hydrogen-bond donors (Lipinski definition) is 0. The van der Waals surface area contributed by atoms with Crippen LogP contribution >= 0.6 is 22.7 Å². The Morgan fingerprint density at radius 1 is 0.239 bits per heavy atom. The molecule has 0 saturated heterocycles. The van der Waals surface area contributed by atoms with E-state index < -0.39 is 0 Å². The van der Waals surface area contributed by atoms with Gasteiger partial charge in [0.1, 0.15) is 22.3 Å². The van der Waals surface area contributed by atoms with Crippen LogP contribution in [0.4, 0.5) is 0 Å². The number of aromatic nitrogens is 3. The average Bonchev–Trinajstić information content (AvgIpc) is 2.92. The predicted octanol–water partition coefficient (Wildman–Crippen LogP) is 23.4. The van der Waals surface area contributed by atoms with Crippen molar-refractivity contribution >= 4 is 107 Å². The molecule has 0 atom stereocenters. The summed E-state index contributed by atoms with van der Waals surface area (Å²) in [5.74, 6) is 0. The van der Waals surface area contributed by atoms with Crippen LogP contribution in [0.2, 0.25) is 0 Å². The van der Waals surface area contributed by atoms with E-state index in [1.807, 2.05) is 71.7 Å². The maximum atomic E-state index is 6.92. The molecule has 0 unspecified atom stereocenters. The number of benzene rings is 11. The molecule has 0 fully saturated rings. The fourth-order valence-corrected chi connectivity index (χ4v) is 15.4. The van der Waals surface area contributed by atoms with Crippen molar-refractivity contribution in [2.75, 3.05) is 0 Å². The van der Waals surface area contributed by atoms with Gasteiger partial charge in [-0.05, 0) is 106 Å². The Hall–Kier alpha value is -11.1. The third kappa shape index (κ3) is 8.86. The van der Waals surface area contributed by atoms with Gasteiger partial charge in [-0.1, -0.05) is 206 Å². The quantitative estimate of drug-likeness (QED) is 0.152. The minimum atomic E-state index is 0.891. The zero-order valence-electron chi connectivity index (χ0n) is 47.3. The third-order valence-electron chi connectivity index (χ3n) is 17.0. The van der Waals surface area contributed by atoms with E-state index in [0.29, 0.717) is 0 Å². The van der Waals surface area contributed by atoms with E-state index in [0.717, 1.165) is 111 Å². The minimum absolute atomic E-state index is 0.891. The first-order valence-corrected chi connectivity index (χ1v) is 31.1. The van der Waals surface area contributed by atoms with Gasteiger partial charge in [-0.3, -0.25) is 9.97 Å². The van der Waals surface area contributed by atoms with Crippen molar-refractivity contribution in [2.24, 2.45) is 0 Å². The first-order valence-electron chi connectivity index (χ1n) is 29.4. The summed E-state index contributed by atoms with van der Waals surface area (Å²) in [7, 11) is 0. The summed E-state index contributed by atoms with van der Waals surface area (Å²) >= 11 is 3.71. The molecule has 0 bridgehead atoms. The molecule has 11 aromatic carbocycles. The topological polar surface area (TPSA) is 65.0 Å². The molecule has 18 aromatic rings. The lowest BCUT2D eigenvalue weighted by Gasteiger charge is -2.12. The lowest BCUT2D eigenvalue weighted by molar-refractivity contribution is 0.670. The molecule has 18 rings (SSSR count). The number of pyridine rings is 3. The van der Waals surface area contributed by atoms with Crippen molar-refractivity contribution in [3.8, 4) is 89.3 Å². The smallest absolute Gasteiger partial charge is 0.143 e. The third-order valence-corrected chi connectivity index (χ3v) is 19.5. The summed E-state index contributed by atoms with van der Waals surface area (Å²) < 4.78 is 18.5. The zero-order valence-corrected chi connectivity index (χ0v) is 48.9. The monoisotopic (exact) mass is 1160 g/mol. The Kier molecular flexibility index (Phi) is 12.5. The molecule has 0 spiro atoms. The second kappa shape index (κ2) is 21.5. The molecule has 7 aromatic heterocycles. The van der Waals surface area contributed by atoms with Crippen LogP contribution in [0.25, 0.3) is 173 Å². The second-order valence-electron chi connectivity index (χ2n) is 22.1. The van der Waals surface area contributed by atoms with Crippen molar-refractivity contribution < 1.29 is 8.83 Å². The van der Waals surface area contributed by atoms with Crippen LogP contribution < -0.4 is 0 Å². The molecule has 0 radical (unpaired) electrons. The lowest BCUT2D eigenvalue weighted by Crippen LogP contribution is -1.91. The van der Waals surface area contributed by atoms with E-state index in [4.69, 9.17) is 13.8 Å². The molecule has 88 heavy (non-hydrogen) atoms. The molecule has 7 heteroatoms. The van der Waals surface area contributed by atoms with Gasteiger partial charge in [0.15, 0.2) is 0 Å². The van der Waals surface area contributed by atoms with E-state index in [1.54, 1.807) is 0 Å². The number of fused-ring (bicyclic) bond motifs is 12. The van der Waals surface area contributed by atoms with Gasteiger partial charge in [0.2, 0.25) is 0 Å². The molecule has 412 valence electrons. The highest BCUT2D eigenvalue weighted by molar-refractivity contribution is 7.27. The van der Waals surface area contributed by atoms with Gasteiger partial charge in [-0.2, -0.15) is 0 Å². The summed E-state index contributed by atoms with van der Waals surface area (Å²) in [6, 6.07) is 96.6. The fraction of sp³-hybridized carbons (Fsp3) is 0. The second-order valence-corrected chi connectivity index (χ2v) is 24.2. The first kappa shape index (κ1) is 51.3. The van der Waals surface area contributed by atoms with Crippen LogP contribution in [0.1, 0.15) is 0 Å². The highest BCUT2D eigenvalue weighted by Crippen LogP contribution is 2.49. The molecule has 0 N–H and O–H groups in total. The normalized spacial score (nSPS) is 11.6. The molecular formula is C81H49N3O2S2. The average molecular weight is 1160 g/mol. The van der Waals surface area contributed by atoms with Gasteiger partial charge < -0.3 is 8.83 Å². The standard InChI is InChI=1S/C41H25NOS.C40H24N2OS/c1-3-12-26(13-4-1)36-24-28(25-37(42-36)27-14-5-2-6-15-27)29-17-9-18-31-32-19-10-20-33(40(32)43-39(29)31)35-22-11-21-34-30-16-7-8-23-38(30)44-41(34)35;1-2-13-37-31(6-1)32-8-4-9-33(38(32)43-37)34-10-5-12-36-35-11-3-7-30(39(35)44-40(34)36)29-23-27(25-14-18-41-19-15-25)22-28(24-29)26-16-20-42-21-17-26/h1-25H;1-24H. The Labute approximate surface area is 514 Å². The van der Waals surface area contributed by atoms with Crippen molar-refractivity contribution in [2.45, 2.75) is 0 Å². The SMILES string of the molecule is c1ccc(-c2cc(-c3cccc4c3oc3c(-c5cccc6c5sc5ccccc56)cccc34)cc(-c3ccccc3)n2)cc1.c1ccc2c(c1)oc1c(-c3cccc4c3sc3c(-c5cc(-c6ccncc6)cc(-c6ccncc6)c5)cccc34)cccc12. The van der Waals surface area contributed by atoms with Crippen molar-refractivity contribution in [3.05, 3.63) is 298 Å². The molecule has 0 amide bonds. The van der Waals surface area contributed by atoms with Crippen LogP contribution in [0.5, 0.6) is 0 Å². The van der Waals surface area contributed by atoms with Gasteiger partial charge in [0, 0.05) is 126 Å². The molecule has 0 aliphatic heterocycles. The molecule has 5 nitrogen and oxygen atoms in total. The van der Waals surface area contributed by atoms with Crippen LogP contribution in [-0.2, 0) is 0 Å². The summed E-state index contributed by atoms with van der Waals surface area (Å²) in [5.41, 5.74) is 21.5. The van der Waals surface area contributed by atoms with E-state index in [-0.39, 0.29) is 0 Å². The largest absolute Gasteiger partial charge is 0.455 e. The number of rotatable bonds is 8. The molecule has 0 aliphatic carbocycles. The Morgan fingerprint density at radius 2 is 0.636 bits per heavy atom. The highest BCUT2D eigenvalue weighted by Gasteiger charge is 2.22. The summed E-state index contributed by atoms with van der Waals surface area (Å²) in [4.78, 5) is 13.6. The maximum absolute atomic E-state index is 6.92. The van der Waals surface area contributed by atoms with E-state index in [2.05, 4.69) is 259 Å². The lowest BCUT2D eigenvalue weighted by atomic mass is 9.93. The highest BCUT2D eigenvalue weighted by atomic mass is 32.1. The Morgan fingerprint density at radius 3 is 1.23 bits per heavy atom. The van der Waals surface area contributed by atoms with Crippen LogP contribution in [-0.4, -0.2) is 15.0 Å². The first-order chi connectivity index (χ1) is 43.6. The van der Waals surface area contributed by atoms with Gasteiger partial charge in [0.25, 0.3) is 0 Å². The zero-order chi connectivity index (χ0) is 58.1.